The molecule has 0 aromatic carbocycles. The van der Waals surface area contributed by atoms with Crippen molar-refractivity contribution in [3.63, 3.8) is 0 Å². The molecule has 4 N–H and O–H groups in total. The molecule has 2 heterocycles. The van der Waals surface area contributed by atoms with Gasteiger partial charge in [-0.25, -0.2) is 9.55 Å². The van der Waals surface area contributed by atoms with Gasteiger partial charge < -0.3 is 20.7 Å². The highest BCUT2D eigenvalue weighted by Gasteiger charge is 2.45. The van der Waals surface area contributed by atoms with E-state index in [0.717, 1.165) is 40.5 Å². The van der Waals surface area contributed by atoms with Crippen LogP contribution in [0.2, 0.25) is 0 Å². The average molecular weight is 640 g/mol. The van der Waals surface area contributed by atoms with E-state index >= 15 is 0 Å². The number of aliphatic hydroxyl groups is 2. The first kappa shape index (κ1) is 35.6. The van der Waals surface area contributed by atoms with Crippen LogP contribution in [-0.4, -0.2) is 85.5 Å². The number of nitrogens with two attached hydrogens (primary N) is 1. The third kappa shape index (κ3) is 10.3. The van der Waals surface area contributed by atoms with Gasteiger partial charge in [0.1, 0.15) is 18.3 Å². The summed E-state index contributed by atoms with van der Waals surface area (Å²) in [5, 5.41) is 20.9. The minimum Gasteiger partial charge on any atom is -0.387 e. The molecule has 41 heavy (non-hydrogen) atoms. The highest BCUT2D eigenvalue weighted by atomic mass is 32.2. The predicted octanol–water partition coefficient (Wildman–Crippen LogP) is 1.73. The van der Waals surface area contributed by atoms with Gasteiger partial charge in [-0.1, -0.05) is 65.1 Å². The molecular weight excluding hydrogens is 601 g/mol. The van der Waals surface area contributed by atoms with Crippen LogP contribution in [0.1, 0.15) is 58.3 Å². The van der Waals surface area contributed by atoms with Gasteiger partial charge >= 0.3 is 7.82 Å². The van der Waals surface area contributed by atoms with Crippen LogP contribution in [0, 0.1) is 10.8 Å². The molecular formula is C24H38N3O11PS2. The number of phosphoric ester groups is 1. The minimum absolute atomic E-state index is 0.0942. The summed E-state index contributed by atoms with van der Waals surface area (Å²) in [6.45, 7) is 9.64. The number of carbonyl (C=O) groups excluding carboxylic acids is 3. The summed E-state index contributed by atoms with van der Waals surface area (Å²) in [5.41, 5.74) is 2.46. The van der Waals surface area contributed by atoms with Gasteiger partial charge in [-0.3, -0.25) is 37.3 Å². The van der Waals surface area contributed by atoms with Crippen molar-refractivity contribution in [2.75, 3.05) is 31.3 Å². The molecule has 1 aliphatic heterocycles. The fourth-order valence-corrected chi connectivity index (χ4v) is 6.17. The summed E-state index contributed by atoms with van der Waals surface area (Å²) in [6, 6.07) is 0. The van der Waals surface area contributed by atoms with Crippen LogP contribution in [0.3, 0.4) is 0 Å². The Kier molecular flexibility index (Phi) is 12.8. The Morgan fingerprint density at radius 3 is 1.98 bits per heavy atom. The summed E-state index contributed by atoms with van der Waals surface area (Å²) in [5.74, 6) is -0.779. The lowest BCUT2D eigenvalue weighted by Crippen LogP contribution is -2.38. The highest BCUT2D eigenvalue weighted by Crippen LogP contribution is 2.50. The maximum atomic E-state index is 13.4. The van der Waals surface area contributed by atoms with Crippen molar-refractivity contribution in [2.45, 2.75) is 66.1 Å². The lowest BCUT2D eigenvalue weighted by molar-refractivity contribution is -0.118. The molecule has 4 atom stereocenters. The van der Waals surface area contributed by atoms with E-state index in [4.69, 9.17) is 24.0 Å². The summed E-state index contributed by atoms with van der Waals surface area (Å²) < 4.78 is 36.0. The molecule has 0 radical (unpaired) electrons. The Morgan fingerprint density at radius 1 is 1.00 bits per heavy atom. The molecule has 2 rings (SSSR count). The van der Waals surface area contributed by atoms with Gasteiger partial charge in [0.25, 0.3) is 11.5 Å². The van der Waals surface area contributed by atoms with Crippen molar-refractivity contribution < 1.29 is 47.5 Å². The van der Waals surface area contributed by atoms with Gasteiger partial charge in [0.15, 0.2) is 22.2 Å². The highest BCUT2D eigenvalue weighted by molar-refractivity contribution is 8.14. The maximum absolute atomic E-state index is 13.4. The van der Waals surface area contributed by atoms with E-state index in [1.807, 2.05) is 0 Å². The number of rotatable bonds is 13. The SMILES string of the molecule is CC(C)(C)C(=O)SCCOP(=O)(OCCSC(=O)C(C)(C)C)OC[C@H]1O[C@@H](n2ccnc(C(N)=O)c2=O)[C@H](O)[C@@H]1O. The second-order valence-electron chi connectivity index (χ2n) is 11.1. The van der Waals surface area contributed by atoms with Crippen molar-refractivity contribution in [3.05, 3.63) is 28.4 Å². The smallest absolute Gasteiger partial charge is 0.387 e. The van der Waals surface area contributed by atoms with Crippen LogP contribution in [0.15, 0.2) is 17.2 Å². The molecule has 1 aromatic heterocycles. The van der Waals surface area contributed by atoms with Gasteiger partial charge in [0.05, 0.1) is 19.8 Å². The number of carbonyl (C=O) groups is 3. The van der Waals surface area contributed by atoms with Crippen LogP contribution in [0.4, 0.5) is 0 Å². The molecule has 0 aliphatic carbocycles. The summed E-state index contributed by atoms with van der Waals surface area (Å²) in [6.07, 6.45) is -3.71. The lowest BCUT2D eigenvalue weighted by Gasteiger charge is -2.22. The first-order chi connectivity index (χ1) is 18.9. The van der Waals surface area contributed by atoms with Gasteiger partial charge in [-0.05, 0) is 0 Å². The van der Waals surface area contributed by atoms with Crippen molar-refractivity contribution in [2.24, 2.45) is 16.6 Å². The number of phosphoric acid groups is 1. The number of primary amides is 1. The molecule has 1 amide bonds. The molecule has 1 aromatic rings. The van der Waals surface area contributed by atoms with E-state index < -0.39 is 67.0 Å². The Bertz CT molecular complexity index is 1160. The number of hydrogen-bond donors (Lipinski definition) is 3. The van der Waals surface area contributed by atoms with Gasteiger partial charge in [0.2, 0.25) is 0 Å². The Hall–Kier alpha value is -1.62. The molecule has 14 nitrogen and oxygen atoms in total. The molecule has 17 heteroatoms. The largest absolute Gasteiger partial charge is 0.474 e. The zero-order valence-corrected chi connectivity index (χ0v) is 26.3. The monoisotopic (exact) mass is 639 g/mol. The number of thioether (sulfide) groups is 2. The van der Waals surface area contributed by atoms with Crippen molar-refractivity contribution in [1.82, 2.24) is 9.55 Å². The number of aliphatic hydroxyl groups excluding tert-OH is 2. The number of amides is 1. The van der Waals surface area contributed by atoms with E-state index in [1.54, 1.807) is 41.5 Å². The Balaban J connectivity index is 2.08. The fourth-order valence-electron chi connectivity index (χ4n) is 3.17. The summed E-state index contributed by atoms with van der Waals surface area (Å²) in [4.78, 5) is 52.0. The molecule has 0 unspecified atom stereocenters. The lowest BCUT2D eigenvalue weighted by atomic mass is 9.99. The predicted molar refractivity (Wildman–Crippen MR) is 152 cm³/mol. The van der Waals surface area contributed by atoms with E-state index in [2.05, 4.69) is 4.98 Å². The number of hydrogen-bond acceptors (Lipinski definition) is 14. The van der Waals surface area contributed by atoms with E-state index in [-0.39, 0.29) is 35.0 Å². The van der Waals surface area contributed by atoms with Gasteiger partial charge in [-0.15, -0.1) is 0 Å². The molecule has 232 valence electrons. The quantitative estimate of drug-likeness (QED) is 0.208. The third-order valence-electron chi connectivity index (χ3n) is 5.47. The standard InChI is InChI=1S/C24H38N3O11PS2/c1-23(2,3)21(32)40-11-9-35-39(34,36-10-12-41-22(33)24(4,5)6)37-13-14-16(28)17(29)20(38-14)27-8-7-26-15(18(25)30)19(27)31/h7-8,14,16-17,20,28-29H,9-13H2,1-6H3,(H2,25,30)/t14-,16-,17-,20-/m1/s1. The van der Waals surface area contributed by atoms with E-state index in [0.29, 0.717) is 0 Å². The molecule has 1 saturated heterocycles. The Morgan fingerprint density at radius 2 is 1.51 bits per heavy atom. The molecule has 0 bridgehead atoms. The van der Waals surface area contributed by atoms with Gasteiger partial charge in [-0.2, -0.15) is 0 Å². The van der Waals surface area contributed by atoms with Crippen molar-refractivity contribution >= 4 is 47.5 Å². The van der Waals surface area contributed by atoms with Crippen LogP contribution in [0.25, 0.3) is 0 Å². The van der Waals surface area contributed by atoms with Gasteiger partial charge in [0, 0.05) is 34.7 Å². The molecule has 1 aliphatic rings. The zero-order valence-electron chi connectivity index (χ0n) is 23.8. The first-order valence-corrected chi connectivity index (χ1v) is 16.1. The van der Waals surface area contributed by atoms with Crippen LogP contribution in [0.5, 0.6) is 0 Å². The van der Waals surface area contributed by atoms with E-state index in [9.17, 15) is 34.0 Å². The number of ether oxygens (including phenoxy) is 1. The maximum Gasteiger partial charge on any atom is 0.474 e. The topological polar surface area (TPSA) is 207 Å². The number of nitrogens with zero attached hydrogens (tertiary/aromatic N) is 2. The van der Waals surface area contributed by atoms with Crippen LogP contribution in [-0.2, 0) is 32.5 Å². The second kappa shape index (κ2) is 14.7. The van der Waals surface area contributed by atoms with Crippen molar-refractivity contribution in [3.8, 4) is 0 Å². The van der Waals surface area contributed by atoms with Crippen LogP contribution >= 0.6 is 31.3 Å². The zero-order chi connectivity index (χ0) is 31.2. The summed E-state index contributed by atoms with van der Waals surface area (Å²) >= 11 is 1.98. The molecule has 1 fully saturated rings. The molecule has 0 spiro atoms. The van der Waals surface area contributed by atoms with Crippen molar-refractivity contribution in [1.29, 1.82) is 0 Å². The summed E-state index contributed by atoms with van der Waals surface area (Å²) in [7, 11) is -4.30. The first-order valence-electron chi connectivity index (χ1n) is 12.6. The number of aromatic nitrogens is 2. The van der Waals surface area contributed by atoms with E-state index in [1.165, 1.54) is 0 Å². The second-order valence-corrected chi connectivity index (χ2v) is 14.9. The molecule has 0 saturated carbocycles. The Labute approximate surface area is 246 Å². The third-order valence-corrected chi connectivity index (χ3v) is 9.42. The minimum atomic E-state index is -4.30. The average Bonchev–Trinajstić information content (AvgIpc) is 3.15. The normalized spacial score (nSPS) is 21.7. The fraction of sp³-hybridized carbons (Fsp3) is 0.708. The van der Waals surface area contributed by atoms with Crippen LogP contribution < -0.4 is 11.3 Å².